The summed E-state index contributed by atoms with van der Waals surface area (Å²) < 4.78 is 2.54. The Morgan fingerprint density at radius 3 is 1.72 bits per heavy atom. The molecule has 8 aromatic rings. The Morgan fingerprint density at radius 1 is 0.489 bits per heavy atom. The van der Waals surface area contributed by atoms with Gasteiger partial charge in [0.1, 0.15) is 0 Å². The minimum atomic E-state index is -0.520. The van der Waals surface area contributed by atoms with Crippen LogP contribution in [-0.4, -0.2) is 4.57 Å². The Morgan fingerprint density at radius 2 is 1.06 bits per heavy atom. The quantitative estimate of drug-likeness (QED) is 0.190. The molecule has 7 aromatic carbocycles. The van der Waals surface area contributed by atoms with Crippen LogP contribution in [0.25, 0.3) is 38.6 Å². The molecule has 1 aliphatic carbocycles. The van der Waals surface area contributed by atoms with Gasteiger partial charge in [-0.25, -0.2) is 0 Å². The van der Waals surface area contributed by atoms with E-state index in [1.165, 1.54) is 88.7 Å². The second kappa shape index (κ2) is 9.67. The molecule has 0 atom stereocenters. The summed E-state index contributed by atoms with van der Waals surface area (Å²) in [7, 11) is 0. The molecular weight excluding hydrogens is 567 g/mol. The Labute approximate surface area is 275 Å². The minimum absolute atomic E-state index is 0.167. The van der Waals surface area contributed by atoms with Gasteiger partial charge in [-0.15, -0.1) is 0 Å². The highest BCUT2D eigenvalue weighted by atomic mass is 15.0. The molecule has 0 unspecified atom stereocenters. The monoisotopic (exact) mass is 599 g/mol. The highest BCUT2D eigenvalue weighted by molar-refractivity contribution is 6.12. The first-order valence-electron chi connectivity index (χ1n) is 16.6. The first-order chi connectivity index (χ1) is 23.1. The summed E-state index contributed by atoms with van der Waals surface area (Å²) in [4.78, 5) is 0. The molecule has 0 bridgehead atoms. The molecule has 1 nitrogen and oxygen atoms in total. The van der Waals surface area contributed by atoms with Crippen molar-refractivity contribution in [1.82, 2.24) is 4.57 Å². The van der Waals surface area contributed by atoms with Gasteiger partial charge in [-0.05, 0) is 76.1 Å². The van der Waals surface area contributed by atoms with Gasteiger partial charge >= 0.3 is 0 Å². The number of rotatable bonds is 3. The SMILES string of the molecule is Cc1ccc(C2(c3ccc(C)cc3)c3cc(C4c5ccccc5-c5ccccc54)ccc3-n3c4ccccc4c4cccc2c43)cc1. The first kappa shape index (κ1) is 26.5. The molecule has 0 radical (unpaired) electrons. The zero-order chi connectivity index (χ0) is 31.3. The van der Waals surface area contributed by atoms with Crippen LogP contribution in [0.1, 0.15) is 56.0 Å². The Kier molecular flexibility index (Phi) is 5.46. The van der Waals surface area contributed by atoms with E-state index in [2.05, 4.69) is 176 Å². The maximum absolute atomic E-state index is 2.55. The van der Waals surface area contributed by atoms with E-state index >= 15 is 0 Å². The predicted octanol–water partition coefficient (Wildman–Crippen LogP) is 11.3. The third kappa shape index (κ3) is 3.49. The number of aromatic nitrogens is 1. The van der Waals surface area contributed by atoms with Crippen LogP contribution in [0.4, 0.5) is 0 Å². The van der Waals surface area contributed by atoms with Crippen molar-refractivity contribution >= 4 is 21.8 Å². The zero-order valence-electron chi connectivity index (χ0n) is 26.5. The van der Waals surface area contributed by atoms with Crippen LogP contribution in [0.5, 0.6) is 0 Å². The van der Waals surface area contributed by atoms with E-state index in [1.807, 2.05) is 0 Å². The average molecular weight is 600 g/mol. The first-order valence-corrected chi connectivity index (χ1v) is 16.6. The lowest BCUT2D eigenvalue weighted by atomic mass is 9.62. The lowest BCUT2D eigenvalue weighted by Gasteiger charge is -2.42. The molecule has 1 aromatic heterocycles. The average Bonchev–Trinajstić information content (AvgIpc) is 3.64. The maximum Gasteiger partial charge on any atom is 0.0742 e. The molecule has 10 rings (SSSR count). The van der Waals surface area contributed by atoms with Crippen LogP contribution in [-0.2, 0) is 5.41 Å². The number of fused-ring (bicyclic) bond motifs is 8. The molecule has 47 heavy (non-hydrogen) atoms. The summed E-state index contributed by atoms with van der Waals surface area (Å²) in [6.45, 7) is 4.37. The second-order valence-electron chi connectivity index (χ2n) is 13.4. The van der Waals surface area contributed by atoms with Gasteiger partial charge in [0.05, 0.1) is 22.1 Å². The molecule has 0 N–H and O–H groups in total. The number of aryl methyl sites for hydroxylation is 2. The summed E-state index contributed by atoms with van der Waals surface area (Å²) in [5.74, 6) is 0.167. The van der Waals surface area contributed by atoms with E-state index in [0.29, 0.717) is 0 Å². The fourth-order valence-electron chi connectivity index (χ4n) is 8.86. The van der Waals surface area contributed by atoms with Gasteiger partial charge in [-0.1, -0.05) is 157 Å². The molecule has 2 aliphatic rings. The second-order valence-corrected chi connectivity index (χ2v) is 13.4. The van der Waals surface area contributed by atoms with E-state index in [1.54, 1.807) is 0 Å². The lowest BCUT2D eigenvalue weighted by Crippen LogP contribution is -2.35. The van der Waals surface area contributed by atoms with Gasteiger partial charge in [0.25, 0.3) is 0 Å². The highest BCUT2D eigenvalue weighted by Gasteiger charge is 2.46. The topological polar surface area (TPSA) is 4.93 Å². The van der Waals surface area contributed by atoms with Gasteiger partial charge in [0.2, 0.25) is 0 Å². The molecule has 222 valence electrons. The molecule has 0 amide bonds. The summed E-state index contributed by atoms with van der Waals surface area (Å²) >= 11 is 0. The maximum atomic E-state index is 2.55. The van der Waals surface area contributed by atoms with Crippen LogP contribution in [0.3, 0.4) is 0 Å². The summed E-state index contributed by atoms with van der Waals surface area (Å²) in [5, 5.41) is 2.59. The lowest BCUT2D eigenvalue weighted by molar-refractivity contribution is 0.724. The van der Waals surface area contributed by atoms with Gasteiger partial charge in [0, 0.05) is 16.7 Å². The van der Waals surface area contributed by atoms with E-state index in [9.17, 15) is 0 Å². The number of hydrogen-bond donors (Lipinski definition) is 0. The van der Waals surface area contributed by atoms with Crippen molar-refractivity contribution in [2.45, 2.75) is 25.2 Å². The van der Waals surface area contributed by atoms with Crippen molar-refractivity contribution in [3.05, 3.63) is 208 Å². The van der Waals surface area contributed by atoms with E-state index in [4.69, 9.17) is 0 Å². The highest BCUT2D eigenvalue weighted by Crippen LogP contribution is 2.56. The molecule has 1 heteroatoms. The van der Waals surface area contributed by atoms with Crippen molar-refractivity contribution in [2.75, 3.05) is 0 Å². The number of para-hydroxylation sites is 2. The standard InChI is InChI=1S/C46H33N/c1-29-18-23-32(24-19-29)46(33-25-20-30(2)21-26-33)40-16-9-15-39-36-12-7-8-17-42(36)47(45(39)40)43-27-22-31(28-41(43)46)44-37-13-5-3-10-34(37)35-11-4-6-14-38(35)44/h3-28,44H,1-2H3. The largest absolute Gasteiger partial charge is 0.309 e. The molecule has 0 saturated heterocycles. The summed E-state index contributed by atoms with van der Waals surface area (Å²) in [6.07, 6.45) is 0. The Hall–Kier alpha value is -5.66. The van der Waals surface area contributed by atoms with Crippen LogP contribution in [0.2, 0.25) is 0 Å². The molecule has 2 heterocycles. The van der Waals surface area contributed by atoms with Gasteiger partial charge < -0.3 is 4.57 Å². The summed E-state index contributed by atoms with van der Waals surface area (Å²) in [5.41, 5.74) is 17.8. The van der Waals surface area contributed by atoms with Crippen molar-refractivity contribution in [3.63, 3.8) is 0 Å². The Balaban J connectivity index is 1.38. The molecule has 0 saturated carbocycles. The number of hydrogen-bond acceptors (Lipinski definition) is 0. The molecule has 0 spiro atoms. The normalized spacial score (nSPS) is 14.3. The zero-order valence-corrected chi connectivity index (χ0v) is 26.5. The third-order valence-corrected chi connectivity index (χ3v) is 10.9. The molecule has 0 fully saturated rings. The van der Waals surface area contributed by atoms with Crippen molar-refractivity contribution < 1.29 is 0 Å². The van der Waals surface area contributed by atoms with Crippen LogP contribution < -0.4 is 0 Å². The minimum Gasteiger partial charge on any atom is -0.309 e. The van der Waals surface area contributed by atoms with E-state index < -0.39 is 5.41 Å². The summed E-state index contributed by atoms with van der Waals surface area (Å²) in [6, 6.07) is 59.7. The van der Waals surface area contributed by atoms with Gasteiger partial charge in [-0.3, -0.25) is 0 Å². The molecular formula is C46H33N. The van der Waals surface area contributed by atoms with Crippen LogP contribution in [0.15, 0.2) is 158 Å². The van der Waals surface area contributed by atoms with Gasteiger partial charge in [-0.2, -0.15) is 0 Å². The van der Waals surface area contributed by atoms with Crippen molar-refractivity contribution in [2.24, 2.45) is 0 Å². The van der Waals surface area contributed by atoms with Crippen LogP contribution in [0, 0.1) is 13.8 Å². The van der Waals surface area contributed by atoms with Gasteiger partial charge in [0.15, 0.2) is 0 Å². The number of benzene rings is 7. The predicted molar refractivity (Wildman–Crippen MR) is 195 cm³/mol. The van der Waals surface area contributed by atoms with Crippen molar-refractivity contribution in [1.29, 1.82) is 0 Å². The smallest absolute Gasteiger partial charge is 0.0742 e. The van der Waals surface area contributed by atoms with Crippen LogP contribution >= 0.6 is 0 Å². The number of nitrogens with zero attached hydrogens (tertiary/aromatic N) is 1. The fraction of sp³-hybridized carbons (Fsp3) is 0.0870. The molecule has 1 aliphatic heterocycles. The Bertz CT molecular complexity index is 2440. The van der Waals surface area contributed by atoms with E-state index in [0.717, 1.165) is 0 Å². The van der Waals surface area contributed by atoms with E-state index in [-0.39, 0.29) is 5.92 Å². The fourth-order valence-corrected chi connectivity index (χ4v) is 8.86. The third-order valence-electron chi connectivity index (χ3n) is 10.9. The van der Waals surface area contributed by atoms with Crippen molar-refractivity contribution in [3.8, 4) is 16.8 Å².